The van der Waals surface area contributed by atoms with Gasteiger partial charge in [-0.25, -0.2) is 0 Å². The quantitative estimate of drug-likeness (QED) is 0.839. The molecule has 2 aromatic carbocycles. The average Bonchev–Trinajstić information content (AvgIpc) is 2.42. The summed E-state index contributed by atoms with van der Waals surface area (Å²) in [5, 5.41) is 19.1. The van der Waals surface area contributed by atoms with Gasteiger partial charge >= 0.3 is 0 Å². The molecule has 0 heterocycles. The van der Waals surface area contributed by atoms with Crippen LogP contribution in [0.5, 0.6) is 5.75 Å². The molecule has 0 unspecified atom stereocenters. The van der Waals surface area contributed by atoms with Gasteiger partial charge in [0.15, 0.2) is 0 Å². The van der Waals surface area contributed by atoms with E-state index in [1.807, 2.05) is 30.3 Å². The number of aromatic hydroxyl groups is 1. The van der Waals surface area contributed by atoms with Gasteiger partial charge in [-0.15, -0.1) is 11.8 Å². The van der Waals surface area contributed by atoms with Gasteiger partial charge in [-0.3, -0.25) is 0 Å². The second-order valence-corrected chi connectivity index (χ2v) is 6.13. The molecule has 0 spiro atoms. The Morgan fingerprint density at radius 2 is 1.74 bits per heavy atom. The van der Waals surface area contributed by atoms with E-state index < -0.39 is 0 Å². The van der Waals surface area contributed by atoms with E-state index in [0.29, 0.717) is 5.56 Å². The average molecular weight is 287 g/mol. The largest absolute Gasteiger partial charge is 0.507 e. The highest BCUT2D eigenvalue weighted by Crippen LogP contribution is 2.38. The van der Waals surface area contributed by atoms with Crippen molar-refractivity contribution < 1.29 is 5.11 Å². The number of phenols is 1. The summed E-state index contributed by atoms with van der Waals surface area (Å²) in [6, 6.07) is 15.2. The van der Waals surface area contributed by atoms with Gasteiger partial charge in [0.2, 0.25) is 0 Å². The monoisotopic (exact) mass is 287 g/mol. The molecule has 19 heavy (non-hydrogen) atoms. The lowest BCUT2D eigenvalue weighted by molar-refractivity contribution is 0.462. The summed E-state index contributed by atoms with van der Waals surface area (Å²) in [5.74, 6) is 1.17. The molecule has 0 radical (unpaired) electrons. The number of hydrogen-bond acceptors (Lipinski definition) is 4. The van der Waals surface area contributed by atoms with E-state index >= 15 is 0 Å². The number of hydrogen-bond donors (Lipinski definition) is 1. The van der Waals surface area contributed by atoms with Gasteiger partial charge in [-0.1, -0.05) is 36.9 Å². The lowest BCUT2D eigenvalue weighted by Gasteiger charge is -2.09. The Morgan fingerprint density at radius 3 is 2.42 bits per heavy atom. The van der Waals surface area contributed by atoms with E-state index in [9.17, 15) is 10.4 Å². The summed E-state index contributed by atoms with van der Waals surface area (Å²) in [4.78, 5) is 2.63. The second kappa shape index (κ2) is 6.55. The minimum atomic E-state index is 0.241. The molecular formula is C15H13NOS2. The molecule has 1 N–H and O–H groups in total. The molecule has 0 atom stereocenters. The van der Waals surface area contributed by atoms with Crippen molar-refractivity contribution >= 4 is 23.5 Å². The predicted molar refractivity (Wildman–Crippen MR) is 79.8 cm³/mol. The molecule has 0 amide bonds. The Kier molecular flexibility index (Phi) is 4.78. The Hall–Kier alpha value is -1.57. The maximum absolute atomic E-state index is 9.80. The van der Waals surface area contributed by atoms with Crippen molar-refractivity contribution in [3.8, 4) is 11.8 Å². The van der Waals surface area contributed by atoms with Crippen LogP contribution in [0.3, 0.4) is 0 Å². The molecule has 96 valence electrons. The summed E-state index contributed by atoms with van der Waals surface area (Å²) in [6.45, 7) is 2.06. The van der Waals surface area contributed by atoms with Crippen molar-refractivity contribution in [3.63, 3.8) is 0 Å². The van der Waals surface area contributed by atoms with E-state index in [1.54, 1.807) is 23.9 Å². The molecule has 0 bridgehead atoms. The summed E-state index contributed by atoms with van der Waals surface area (Å²) in [6.07, 6.45) is 0. The predicted octanol–water partition coefficient (Wildman–Crippen LogP) is 4.53. The van der Waals surface area contributed by atoms with Crippen molar-refractivity contribution in [1.29, 1.82) is 5.26 Å². The van der Waals surface area contributed by atoms with Gasteiger partial charge in [0.1, 0.15) is 11.8 Å². The molecule has 2 aromatic rings. The summed E-state index contributed by atoms with van der Waals surface area (Å²) in [5.41, 5.74) is 0.683. The zero-order valence-electron chi connectivity index (χ0n) is 10.5. The lowest BCUT2D eigenvalue weighted by atomic mass is 10.2. The molecule has 0 aromatic heterocycles. The molecule has 0 aliphatic rings. The van der Waals surface area contributed by atoms with Crippen molar-refractivity contribution in [3.05, 3.63) is 48.0 Å². The first-order chi connectivity index (χ1) is 9.26. The zero-order valence-corrected chi connectivity index (χ0v) is 12.1. The highest BCUT2D eigenvalue weighted by molar-refractivity contribution is 8.00. The normalized spacial score (nSPS) is 10.1. The van der Waals surface area contributed by atoms with Crippen LogP contribution < -0.4 is 0 Å². The minimum Gasteiger partial charge on any atom is -0.507 e. The summed E-state index contributed by atoms with van der Waals surface area (Å²) in [7, 11) is 0. The number of thioether (sulfide) groups is 1. The molecule has 0 saturated carbocycles. The first-order valence-corrected chi connectivity index (χ1v) is 7.68. The van der Waals surface area contributed by atoms with E-state index in [4.69, 9.17) is 0 Å². The number of para-hydroxylation sites is 1. The molecule has 2 nitrogen and oxygen atoms in total. The first kappa shape index (κ1) is 13.9. The third-order valence-electron chi connectivity index (χ3n) is 2.48. The van der Waals surface area contributed by atoms with Gasteiger partial charge in [-0.2, -0.15) is 5.26 Å². The fraction of sp³-hybridized carbons (Fsp3) is 0.133. The molecule has 4 heteroatoms. The van der Waals surface area contributed by atoms with Crippen molar-refractivity contribution in [2.45, 2.75) is 21.6 Å². The van der Waals surface area contributed by atoms with Crippen molar-refractivity contribution in [1.82, 2.24) is 0 Å². The topological polar surface area (TPSA) is 44.0 Å². The highest BCUT2D eigenvalue weighted by Gasteiger charge is 2.11. The number of benzene rings is 2. The van der Waals surface area contributed by atoms with Crippen LogP contribution in [0.4, 0.5) is 0 Å². The number of rotatable bonds is 4. The molecule has 0 aliphatic carbocycles. The molecular weight excluding hydrogens is 274 g/mol. The van der Waals surface area contributed by atoms with Gasteiger partial charge in [0.25, 0.3) is 0 Å². The molecule has 0 aliphatic heterocycles. The Balaban J connectivity index is 2.38. The fourth-order valence-corrected chi connectivity index (χ4v) is 3.45. The van der Waals surface area contributed by atoms with E-state index in [-0.39, 0.29) is 5.75 Å². The van der Waals surface area contributed by atoms with Crippen LogP contribution in [0.1, 0.15) is 12.5 Å². The first-order valence-electron chi connectivity index (χ1n) is 5.88. The third-order valence-corrected chi connectivity index (χ3v) is 4.55. The SMILES string of the molecule is CCSc1cccc(Sc2ccccc2O)c1C#N. The van der Waals surface area contributed by atoms with E-state index in [2.05, 4.69) is 13.0 Å². The lowest BCUT2D eigenvalue weighted by Crippen LogP contribution is -1.86. The standard InChI is InChI=1S/C15H13NOS2/c1-2-18-13-8-5-9-14(11(13)10-16)19-15-7-4-3-6-12(15)17/h3-9,17H,2H2,1H3. The van der Waals surface area contributed by atoms with E-state index in [0.717, 1.165) is 20.4 Å². The summed E-state index contributed by atoms with van der Waals surface area (Å²) >= 11 is 3.08. The van der Waals surface area contributed by atoms with Crippen LogP contribution in [-0.2, 0) is 0 Å². The molecule has 0 fully saturated rings. The Bertz CT molecular complexity index is 620. The van der Waals surface area contributed by atoms with Crippen molar-refractivity contribution in [2.24, 2.45) is 0 Å². The number of nitriles is 1. The van der Waals surface area contributed by atoms with Gasteiger partial charge < -0.3 is 5.11 Å². The van der Waals surface area contributed by atoms with Crippen molar-refractivity contribution in [2.75, 3.05) is 5.75 Å². The van der Waals surface area contributed by atoms with Crippen LogP contribution in [0.2, 0.25) is 0 Å². The maximum Gasteiger partial charge on any atom is 0.129 e. The van der Waals surface area contributed by atoms with E-state index in [1.165, 1.54) is 11.8 Å². The van der Waals surface area contributed by atoms with Gasteiger partial charge in [0, 0.05) is 9.79 Å². The number of phenolic OH excluding ortho intramolecular Hbond substituents is 1. The summed E-state index contributed by atoms with van der Waals surface area (Å²) < 4.78 is 0. The van der Waals surface area contributed by atoms with Crippen LogP contribution >= 0.6 is 23.5 Å². The maximum atomic E-state index is 9.80. The minimum absolute atomic E-state index is 0.241. The van der Waals surface area contributed by atoms with Gasteiger partial charge in [-0.05, 0) is 30.0 Å². The van der Waals surface area contributed by atoms with Crippen LogP contribution in [0.25, 0.3) is 0 Å². The van der Waals surface area contributed by atoms with Gasteiger partial charge in [0.05, 0.1) is 10.5 Å². The highest BCUT2D eigenvalue weighted by atomic mass is 32.2. The third kappa shape index (κ3) is 3.25. The zero-order chi connectivity index (χ0) is 13.7. The Labute approximate surface area is 121 Å². The van der Waals surface area contributed by atoms with Crippen LogP contribution in [0, 0.1) is 11.3 Å². The molecule has 0 saturated heterocycles. The fourth-order valence-electron chi connectivity index (χ4n) is 1.64. The molecule has 2 rings (SSSR count). The van der Waals surface area contributed by atoms with Crippen LogP contribution in [0.15, 0.2) is 57.2 Å². The number of nitrogens with zero attached hydrogens (tertiary/aromatic N) is 1. The second-order valence-electron chi connectivity index (χ2n) is 3.74. The Morgan fingerprint density at radius 1 is 1.05 bits per heavy atom. The smallest absolute Gasteiger partial charge is 0.129 e. The van der Waals surface area contributed by atoms with Crippen LogP contribution in [-0.4, -0.2) is 10.9 Å².